The highest BCUT2D eigenvalue weighted by Crippen LogP contribution is 2.23. The van der Waals surface area contributed by atoms with Crippen LogP contribution < -0.4 is 0 Å². The molecule has 0 spiro atoms. The van der Waals surface area contributed by atoms with E-state index in [0.717, 1.165) is 0 Å². The van der Waals surface area contributed by atoms with E-state index >= 15 is 0 Å². The molecule has 4 heteroatoms. The zero-order chi connectivity index (χ0) is 9.14. The van der Waals surface area contributed by atoms with Crippen molar-refractivity contribution in [3.63, 3.8) is 0 Å². The van der Waals surface area contributed by atoms with Crippen molar-refractivity contribution in [3.8, 4) is 0 Å². The van der Waals surface area contributed by atoms with Gasteiger partial charge in [0.05, 0.1) is 12.7 Å². The molecule has 1 unspecified atom stereocenters. The third-order valence-electron chi connectivity index (χ3n) is 2.04. The van der Waals surface area contributed by atoms with E-state index in [1.165, 1.54) is 0 Å². The highest BCUT2D eigenvalue weighted by Gasteiger charge is 2.41. The third kappa shape index (κ3) is 1.67. The van der Waals surface area contributed by atoms with Gasteiger partial charge in [-0.05, 0) is 6.42 Å². The number of rotatable bonds is 3. The van der Waals surface area contributed by atoms with E-state index in [9.17, 15) is 10.2 Å². The van der Waals surface area contributed by atoms with Crippen LogP contribution >= 0.6 is 0 Å². The first-order valence-corrected chi connectivity index (χ1v) is 3.94. The number of aliphatic hydroxyl groups excluding tert-OH is 3. The summed E-state index contributed by atoms with van der Waals surface area (Å²) in [4.78, 5) is 0. The van der Waals surface area contributed by atoms with Gasteiger partial charge in [-0.15, -0.1) is 6.58 Å². The molecule has 4 nitrogen and oxygen atoms in total. The summed E-state index contributed by atoms with van der Waals surface area (Å²) in [6.07, 6.45) is -0.908. The van der Waals surface area contributed by atoms with Crippen molar-refractivity contribution in [2.24, 2.45) is 0 Å². The summed E-state index contributed by atoms with van der Waals surface area (Å²) < 4.78 is 5.15. The van der Waals surface area contributed by atoms with Gasteiger partial charge in [-0.3, -0.25) is 0 Å². The number of hydrogen-bond donors (Lipinski definition) is 3. The summed E-state index contributed by atoms with van der Waals surface area (Å²) in [5.74, 6) is 0. The first-order valence-electron chi connectivity index (χ1n) is 3.94. The largest absolute Gasteiger partial charge is 0.394 e. The van der Waals surface area contributed by atoms with Crippen LogP contribution in [0.15, 0.2) is 12.7 Å². The van der Waals surface area contributed by atoms with Gasteiger partial charge in [-0.2, -0.15) is 0 Å². The predicted octanol–water partition coefficient (Wildman–Crippen LogP) is -0.956. The molecule has 0 aromatic heterocycles. The minimum atomic E-state index is -0.986. The third-order valence-corrected chi connectivity index (χ3v) is 2.04. The highest BCUT2D eigenvalue weighted by molar-refractivity contribution is 4.93. The Kier molecular flexibility index (Phi) is 3.22. The lowest BCUT2D eigenvalue weighted by molar-refractivity contribution is -0.0208. The van der Waals surface area contributed by atoms with Crippen molar-refractivity contribution < 1.29 is 20.1 Å². The van der Waals surface area contributed by atoms with E-state index in [4.69, 9.17) is 9.84 Å². The van der Waals surface area contributed by atoms with Gasteiger partial charge in [-0.25, -0.2) is 0 Å². The fourth-order valence-electron chi connectivity index (χ4n) is 1.34. The average Bonchev–Trinajstić information content (AvgIpc) is 2.33. The monoisotopic (exact) mass is 174 g/mol. The fourth-order valence-corrected chi connectivity index (χ4v) is 1.34. The van der Waals surface area contributed by atoms with Crippen LogP contribution in [0.25, 0.3) is 0 Å². The van der Waals surface area contributed by atoms with Crippen LogP contribution in [0, 0.1) is 0 Å². The van der Waals surface area contributed by atoms with Crippen molar-refractivity contribution >= 4 is 0 Å². The molecule has 0 aromatic rings. The van der Waals surface area contributed by atoms with E-state index in [2.05, 4.69) is 6.58 Å². The van der Waals surface area contributed by atoms with E-state index in [-0.39, 0.29) is 6.61 Å². The first-order chi connectivity index (χ1) is 5.70. The second-order valence-corrected chi connectivity index (χ2v) is 2.90. The topological polar surface area (TPSA) is 69.9 Å². The molecular weight excluding hydrogens is 160 g/mol. The van der Waals surface area contributed by atoms with Gasteiger partial charge in [0.2, 0.25) is 0 Å². The van der Waals surface area contributed by atoms with Crippen LogP contribution in [-0.4, -0.2) is 46.3 Å². The SMILES string of the molecule is C=CCC1O[C@H](CO)[C@@H](O)[C@@H]1O. The zero-order valence-electron chi connectivity index (χ0n) is 6.76. The summed E-state index contributed by atoms with van der Waals surface area (Å²) in [6, 6.07) is 0. The minimum absolute atomic E-state index is 0.272. The van der Waals surface area contributed by atoms with Crippen molar-refractivity contribution in [2.45, 2.75) is 30.8 Å². The van der Waals surface area contributed by atoms with Crippen LogP contribution in [0.3, 0.4) is 0 Å². The molecule has 3 N–H and O–H groups in total. The summed E-state index contributed by atoms with van der Waals surface area (Å²) in [6.45, 7) is 3.23. The van der Waals surface area contributed by atoms with Crippen LogP contribution in [0.4, 0.5) is 0 Å². The predicted molar refractivity (Wildman–Crippen MR) is 42.6 cm³/mol. The van der Waals surface area contributed by atoms with Gasteiger partial charge in [0, 0.05) is 0 Å². The van der Waals surface area contributed by atoms with Gasteiger partial charge >= 0.3 is 0 Å². The first kappa shape index (κ1) is 9.67. The van der Waals surface area contributed by atoms with Crippen molar-refractivity contribution in [1.82, 2.24) is 0 Å². The molecule has 4 atom stereocenters. The Morgan fingerprint density at radius 2 is 1.83 bits per heavy atom. The fraction of sp³-hybridized carbons (Fsp3) is 0.750. The molecule has 0 amide bonds. The number of ether oxygens (including phenoxy) is 1. The van der Waals surface area contributed by atoms with E-state index in [0.29, 0.717) is 6.42 Å². The summed E-state index contributed by atoms with van der Waals surface area (Å²) >= 11 is 0. The Bertz CT molecular complexity index is 159. The maximum absolute atomic E-state index is 9.36. The molecule has 0 aromatic carbocycles. The quantitative estimate of drug-likeness (QED) is 0.482. The van der Waals surface area contributed by atoms with Crippen LogP contribution in [0.2, 0.25) is 0 Å². The van der Waals surface area contributed by atoms with Gasteiger partial charge in [0.1, 0.15) is 18.3 Å². The summed E-state index contributed by atoms with van der Waals surface area (Å²) in [5, 5.41) is 27.4. The van der Waals surface area contributed by atoms with Crippen molar-refractivity contribution in [3.05, 3.63) is 12.7 Å². The molecular formula is C8H14O4. The molecule has 1 heterocycles. The molecule has 1 fully saturated rings. The number of aliphatic hydroxyl groups is 3. The smallest absolute Gasteiger partial charge is 0.111 e. The molecule has 1 aliphatic heterocycles. The second kappa shape index (κ2) is 4.00. The standard InChI is InChI=1S/C8H14O4/c1-2-3-5-7(10)8(11)6(4-9)12-5/h2,5-11H,1,3-4H2/t5?,6-,7-,8-/m1/s1. The van der Waals surface area contributed by atoms with Crippen LogP contribution in [-0.2, 0) is 4.74 Å². The molecule has 0 bridgehead atoms. The Labute approximate surface area is 71.1 Å². The van der Waals surface area contributed by atoms with Crippen molar-refractivity contribution in [1.29, 1.82) is 0 Å². The maximum Gasteiger partial charge on any atom is 0.111 e. The number of hydrogen-bond acceptors (Lipinski definition) is 4. The van der Waals surface area contributed by atoms with Crippen LogP contribution in [0.1, 0.15) is 6.42 Å². The van der Waals surface area contributed by atoms with E-state index in [1.807, 2.05) is 0 Å². The lowest BCUT2D eigenvalue weighted by atomic mass is 10.1. The highest BCUT2D eigenvalue weighted by atomic mass is 16.6. The van der Waals surface area contributed by atoms with Crippen molar-refractivity contribution in [2.75, 3.05) is 6.61 Å². The lowest BCUT2D eigenvalue weighted by Crippen LogP contribution is -2.33. The van der Waals surface area contributed by atoms with Gasteiger partial charge < -0.3 is 20.1 Å². The van der Waals surface area contributed by atoms with Gasteiger partial charge in [0.15, 0.2) is 0 Å². The molecule has 70 valence electrons. The normalized spacial score (nSPS) is 41.6. The Hall–Kier alpha value is -0.420. The molecule has 1 rings (SSSR count). The van der Waals surface area contributed by atoms with Gasteiger partial charge in [0.25, 0.3) is 0 Å². The summed E-state index contributed by atoms with van der Waals surface area (Å²) in [7, 11) is 0. The van der Waals surface area contributed by atoms with E-state index in [1.54, 1.807) is 6.08 Å². The Balaban J connectivity index is 2.53. The summed E-state index contributed by atoms with van der Waals surface area (Å²) in [5.41, 5.74) is 0. The maximum atomic E-state index is 9.36. The van der Waals surface area contributed by atoms with Gasteiger partial charge in [-0.1, -0.05) is 6.08 Å². The minimum Gasteiger partial charge on any atom is -0.394 e. The molecule has 0 saturated carbocycles. The molecule has 12 heavy (non-hydrogen) atoms. The van der Waals surface area contributed by atoms with E-state index < -0.39 is 24.4 Å². The molecule has 0 radical (unpaired) electrons. The van der Waals surface area contributed by atoms with Crippen LogP contribution in [0.5, 0.6) is 0 Å². The average molecular weight is 174 g/mol. The molecule has 1 saturated heterocycles. The second-order valence-electron chi connectivity index (χ2n) is 2.90. The lowest BCUT2D eigenvalue weighted by Gasteiger charge is -2.11. The Morgan fingerprint density at radius 3 is 2.25 bits per heavy atom. The molecule has 0 aliphatic carbocycles. The molecule has 1 aliphatic rings. The Morgan fingerprint density at radius 1 is 1.25 bits per heavy atom. The zero-order valence-corrected chi connectivity index (χ0v) is 6.76.